The van der Waals surface area contributed by atoms with Crippen LogP contribution >= 0.6 is 0 Å². The zero-order valence-electron chi connectivity index (χ0n) is 12.6. The summed E-state index contributed by atoms with van der Waals surface area (Å²) in [5.41, 5.74) is 1.29. The molecule has 21 heavy (non-hydrogen) atoms. The Labute approximate surface area is 126 Å². The van der Waals surface area contributed by atoms with Gasteiger partial charge in [-0.15, -0.1) is 0 Å². The monoisotopic (exact) mass is 285 g/mol. The van der Waals surface area contributed by atoms with Gasteiger partial charge in [-0.2, -0.15) is 0 Å². The molecule has 4 nitrogen and oxygen atoms in total. The van der Waals surface area contributed by atoms with Gasteiger partial charge in [-0.25, -0.2) is 4.98 Å². The third-order valence-corrected chi connectivity index (χ3v) is 3.96. The normalized spacial score (nSPS) is 15.7. The molecule has 1 aliphatic rings. The fraction of sp³-hybridized carbons (Fsp3) is 0.471. The van der Waals surface area contributed by atoms with Crippen molar-refractivity contribution in [1.82, 2.24) is 14.9 Å². The van der Waals surface area contributed by atoms with Gasteiger partial charge < -0.3 is 9.72 Å². The molecule has 0 radical (unpaired) electrons. The van der Waals surface area contributed by atoms with E-state index >= 15 is 0 Å². The molecule has 1 aliphatic carbocycles. The quantitative estimate of drug-likeness (QED) is 0.884. The highest BCUT2D eigenvalue weighted by atomic mass is 16.5. The molecule has 0 bridgehead atoms. The molecule has 1 heterocycles. The van der Waals surface area contributed by atoms with Gasteiger partial charge in [0.1, 0.15) is 11.6 Å². The third-order valence-electron chi connectivity index (χ3n) is 3.96. The van der Waals surface area contributed by atoms with Crippen molar-refractivity contribution in [3.05, 3.63) is 48.0 Å². The second kappa shape index (κ2) is 6.76. The summed E-state index contributed by atoms with van der Waals surface area (Å²) in [7, 11) is 2.10. The van der Waals surface area contributed by atoms with Crippen molar-refractivity contribution < 1.29 is 4.74 Å². The zero-order valence-corrected chi connectivity index (χ0v) is 12.6. The Hall–Kier alpha value is -1.81. The molecule has 0 saturated heterocycles. The fourth-order valence-electron chi connectivity index (χ4n) is 2.88. The van der Waals surface area contributed by atoms with Gasteiger partial charge in [0.2, 0.25) is 0 Å². The number of nitrogens with zero attached hydrogens (tertiary/aromatic N) is 2. The predicted molar refractivity (Wildman–Crippen MR) is 83.1 cm³/mol. The number of aromatic amines is 1. The maximum absolute atomic E-state index is 5.99. The average molecular weight is 285 g/mol. The van der Waals surface area contributed by atoms with Crippen LogP contribution in [-0.2, 0) is 13.1 Å². The SMILES string of the molecule is CN(Cc1ccc(OC2CCCC2)cc1)Cc1ncc[nH]1. The Morgan fingerprint density at radius 1 is 1.19 bits per heavy atom. The van der Waals surface area contributed by atoms with Crippen LogP contribution in [0.4, 0.5) is 0 Å². The summed E-state index contributed by atoms with van der Waals surface area (Å²) in [5.74, 6) is 2.00. The Morgan fingerprint density at radius 3 is 2.62 bits per heavy atom. The summed E-state index contributed by atoms with van der Waals surface area (Å²) in [6.45, 7) is 1.73. The van der Waals surface area contributed by atoms with Gasteiger partial charge in [-0.3, -0.25) is 4.90 Å². The van der Waals surface area contributed by atoms with Gasteiger partial charge in [0.25, 0.3) is 0 Å². The number of nitrogens with one attached hydrogen (secondary N) is 1. The van der Waals surface area contributed by atoms with Crippen LogP contribution < -0.4 is 4.74 Å². The van der Waals surface area contributed by atoms with Crippen molar-refractivity contribution in [2.45, 2.75) is 44.9 Å². The van der Waals surface area contributed by atoms with Gasteiger partial charge in [0, 0.05) is 18.9 Å². The molecule has 1 saturated carbocycles. The molecule has 3 rings (SSSR count). The Balaban J connectivity index is 1.51. The van der Waals surface area contributed by atoms with E-state index < -0.39 is 0 Å². The van der Waals surface area contributed by atoms with Crippen LogP contribution in [0, 0.1) is 0 Å². The summed E-state index contributed by atoms with van der Waals surface area (Å²) in [4.78, 5) is 9.62. The number of imidazole rings is 1. The molecule has 1 N–H and O–H groups in total. The first kappa shape index (κ1) is 14.1. The molecule has 4 heteroatoms. The molecule has 0 amide bonds. The van der Waals surface area contributed by atoms with Crippen molar-refractivity contribution >= 4 is 0 Å². The number of aromatic nitrogens is 2. The summed E-state index contributed by atoms with van der Waals surface area (Å²) in [5, 5.41) is 0. The molecule has 0 unspecified atom stereocenters. The Morgan fingerprint density at radius 2 is 1.95 bits per heavy atom. The highest BCUT2D eigenvalue weighted by Gasteiger charge is 2.16. The van der Waals surface area contributed by atoms with Crippen LogP contribution in [0.1, 0.15) is 37.1 Å². The lowest BCUT2D eigenvalue weighted by Crippen LogP contribution is -2.18. The van der Waals surface area contributed by atoms with Gasteiger partial charge in [-0.05, 0) is 50.4 Å². The lowest BCUT2D eigenvalue weighted by Gasteiger charge is -2.16. The minimum atomic E-state index is 0.428. The fourth-order valence-corrected chi connectivity index (χ4v) is 2.88. The maximum Gasteiger partial charge on any atom is 0.120 e. The highest BCUT2D eigenvalue weighted by Crippen LogP contribution is 2.24. The van der Waals surface area contributed by atoms with E-state index in [9.17, 15) is 0 Å². The smallest absolute Gasteiger partial charge is 0.120 e. The lowest BCUT2D eigenvalue weighted by molar-refractivity contribution is 0.210. The summed E-state index contributed by atoms with van der Waals surface area (Å²) < 4.78 is 5.99. The molecule has 112 valence electrons. The van der Waals surface area contributed by atoms with E-state index in [1.54, 1.807) is 6.20 Å². The number of rotatable bonds is 6. The standard InChI is InChI=1S/C17H23N3O/c1-20(13-17-18-10-11-19-17)12-14-6-8-16(9-7-14)21-15-4-2-3-5-15/h6-11,15H,2-5,12-13H2,1H3,(H,18,19). The van der Waals surface area contributed by atoms with Crippen LogP contribution in [0.2, 0.25) is 0 Å². The van der Waals surface area contributed by atoms with Crippen molar-refractivity contribution in [2.75, 3.05) is 7.05 Å². The second-order valence-electron chi connectivity index (χ2n) is 5.88. The maximum atomic E-state index is 5.99. The van der Waals surface area contributed by atoms with Gasteiger partial charge in [-0.1, -0.05) is 12.1 Å². The first-order valence-electron chi connectivity index (χ1n) is 7.72. The first-order valence-corrected chi connectivity index (χ1v) is 7.72. The molecule has 2 aromatic rings. The van der Waals surface area contributed by atoms with Crippen LogP contribution in [0.15, 0.2) is 36.7 Å². The molecule has 1 aromatic carbocycles. The van der Waals surface area contributed by atoms with E-state index in [1.165, 1.54) is 31.2 Å². The summed E-state index contributed by atoms with van der Waals surface area (Å²) in [6.07, 6.45) is 9.09. The van der Waals surface area contributed by atoms with Crippen LogP contribution in [-0.4, -0.2) is 28.0 Å². The Kier molecular flexibility index (Phi) is 4.55. The molecule has 1 fully saturated rings. The average Bonchev–Trinajstić information content (AvgIpc) is 3.14. The summed E-state index contributed by atoms with van der Waals surface area (Å²) >= 11 is 0. The number of H-pyrrole nitrogens is 1. The number of benzene rings is 1. The van der Waals surface area contributed by atoms with Crippen molar-refractivity contribution in [3.8, 4) is 5.75 Å². The van der Waals surface area contributed by atoms with Gasteiger partial charge >= 0.3 is 0 Å². The van der Waals surface area contributed by atoms with Crippen molar-refractivity contribution in [2.24, 2.45) is 0 Å². The highest BCUT2D eigenvalue weighted by molar-refractivity contribution is 5.27. The van der Waals surface area contributed by atoms with E-state index in [0.717, 1.165) is 24.7 Å². The second-order valence-corrected chi connectivity index (χ2v) is 5.88. The first-order chi connectivity index (χ1) is 10.3. The van der Waals surface area contributed by atoms with E-state index in [4.69, 9.17) is 4.74 Å². The summed E-state index contributed by atoms with van der Waals surface area (Å²) in [6, 6.07) is 8.49. The van der Waals surface area contributed by atoms with Crippen LogP contribution in [0.25, 0.3) is 0 Å². The number of ether oxygens (including phenoxy) is 1. The van der Waals surface area contributed by atoms with Gasteiger partial charge in [0.05, 0.1) is 12.6 Å². The number of hydrogen-bond donors (Lipinski definition) is 1. The molecular formula is C17H23N3O. The topological polar surface area (TPSA) is 41.1 Å². The van der Waals surface area contributed by atoms with Crippen LogP contribution in [0.5, 0.6) is 5.75 Å². The molecule has 0 aliphatic heterocycles. The minimum Gasteiger partial charge on any atom is -0.490 e. The van der Waals surface area contributed by atoms with E-state index in [0.29, 0.717) is 6.10 Å². The van der Waals surface area contributed by atoms with E-state index in [2.05, 4.69) is 46.2 Å². The predicted octanol–water partition coefficient (Wildman–Crippen LogP) is 3.36. The van der Waals surface area contributed by atoms with E-state index in [1.807, 2.05) is 6.20 Å². The molecule has 0 atom stereocenters. The molecular weight excluding hydrogens is 262 g/mol. The number of hydrogen-bond acceptors (Lipinski definition) is 3. The Bertz CT molecular complexity index is 530. The van der Waals surface area contributed by atoms with E-state index in [-0.39, 0.29) is 0 Å². The lowest BCUT2D eigenvalue weighted by atomic mass is 10.2. The van der Waals surface area contributed by atoms with Gasteiger partial charge in [0.15, 0.2) is 0 Å². The van der Waals surface area contributed by atoms with Crippen molar-refractivity contribution in [3.63, 3.8) is 0 Å². The minimum absolute atomic E-state index is 0.428. The third kappa shape index (κ3) is 4.08. The van der Waals surface area contributed by atoms with Crippen LogP contribution in [0.3, 0.4) is 0 Å². The van der Waals surface area contributed by atoms with Crippen molar-refractivity contribution in [1.29, 1.82) is 0 Å². The zero-order chi connectivity index (χ0) is 14.5. The molecule has 1 aromatic heterocycles. The largest absolute Gasteiger partial charge is 0.490 e. The molecule has 0 spiro atoms.